The lowest BCUT2D eigenvalue weighted by Gasteiger charge is -2.19. The Morgan fingerprint density at radius 1 is 1.06 bits per heavy atom. The molecule has 2 heteroatoms. The van der Waals surface area contributed by atoms with E-state index in [1.807, 2.05) is 12.1 Å². The monoisotopic (exact) mass is 302 g/mol. The number of rotatable bonds is 0. The molecule has 2 aromatic rings. The van der Waals surface area contributed by atoms with Gasteiger partial charge < -0.3 is 0 Å². The van der Waals surface area contributed by atoms with E-state index in [-0.39, 0.29) is 0 Å². The van der Waals surface area contributed by atoms with Crippen molar-refractivity contribution >= 4 is 32.5 Å². The van der Waals surface area contributed by atoms with Crippen LogP contribution in [0.1, 0.15) is 46.4 Å². The van der Waals surface area contributed by atoms with Gasteiger partial charge in [0.1, 0.15) is 0 Å². The summed E-state index contributed by atoms with van der Waals surface area (Å²) in [5, 5.41) is 2.26. The van der Waals surface area contributed by atoms with Crippen LogP contribution in [0.3, 0.4) is 0 Å². The topological polar surface area (TPSA) is 17.1 Å². The molecule has 0 radical (unpaired) electrons. The van der Waals surface area contributed by atoms with E-state index in [4.69, 9.17) is 0 Å². The van der Waals surface area contributed by atoms with Crippen LogP contribution < -0.4 is 0 Å². The van der Waals surface area contributed by atoms with Gasteiger partial charge in [0.15, 0.2) is 5.78 Å². The van der Waals surface area contributed by atoms with E-state index >= 15 is 0 Å². The smallest absolute Gasteiger partial charge is 0.163 e. The molecule has 0 amide bonds. The molecule has 1 aliphatic rings. The van der Waals surface area contributed by atoms with Gasteiger partial charge in [0, 0.05) is 16.8 Å². The normalized spacial score (nSPS) is 20.3. The number of ketones is 1. The van der Waals surface area contributed by atoms with Crippen LogP contribution in [-0.2, 0) is 0 Å². The highest BCUT2D eigenvalue weighted by Crippen LogP contribution is 2.37. The summed E-state index contributed by atoms with van der Waals surface area (Å²) in [5.41, 5.74) is 2.10. The van der Waals surface area contributed by atoms with Crippen molar-refractivity contribution in [3.8, 4) is 0 Å². The van der Waals surface area contributed by atoms with Gasteiger partial charge in [0.25, 0.3) is 0 Å². The maximum absolute atomic E-state index is 12.4. The number of alkyl halides is 1. The molecule has 0 aliphatic heterocycles. The van der Waals surface area contributed by atoms with Crippen molar-refractivity contribution in [2.24, 2.45) is 0 Å². The SMILES string of the molecule is O=C1CCCCC(Br)c2ccc3ccccc3c21. The maximum atomic E-state index is 12.4. The van der Waals surface area contributed by atoms with Gasteiger partial charge in [0.2, 0.25) is 0 Å². The minimum absolute atomic E-state index is 0.297. The van der Waals surface area contributed by atoms with E-state index in [9.17, 15) is 4.79 Å². The third kappa shape index (κ3) is 1.99. The molecule has 1 aliphatic carbocycles. The van der Waals surface area contributed by atoms with E-state index in [0.717, 1.165) is 35.6 Å². The predicted octanol–water partition coefficient (Wildman–Crippen LogP) is 5.03. The van der Waals surface area contributed by atoms with Crippen molar-refractivity contribution in [3.63, 3.8) is 0 Å². The lowest BCUT2D eigenvalue weighted by atomic mass is 9.88. The van der Waals surface area contributed by atoms with Crippen molar-refractivity contribution in [2.45, 2.75) is 30.5 Å². The summed E-state index contributed by atoms with van der Waals surface area (Å²) in [6.07, 6.45) is 3.91. The number of hydrogen-bond donors (Lipinski definition) is 0. The molecule has 92 valence electrons. The van der Waals surface area contributed by atoms with Crippen LogP contribution in [0.15, 0.2) is 36.4 Å². The third-order valence-corrected chi connectivity index (χ3v) is 4.64. The summed E-state index contributed by atoms with van der Waals surface area (Å²) >= 11 is 3.73. The molecular weight excluding hydrogens is 288 g/mol. The highest BCUT2D eigenvalue weighted by Gasteiger charge is 2.21. The maximum Gasteiger partial charge on any atom is 0.163 e. The molecule has 0 bridgehead atoms. The molecule has 0 N–H and O–H groups in total. The average molecular weight is 303 g/mol. The number of fused-ring (bicyclic) bond motifs is 3. The lowest BCUT2D eigenvalue weighted by Crippen LogP contribution is -2.09. The Labute approximate surface area is 115 Å². The van der Waals surface area contributed by atoms with Gasteiger partial charge in [-0.05, 0) is 29.2 Å². The third-order valence-electron chi connectivity index (χ3n) is 3.69. The fourth-order valence-electron chi connectivity index (χ4n) is 2.75. The highest BCUT2D eigenvalue weighted by molar-refractivity contribution is 9.09. The van der Waals surface area contributed by atoms with E-state index in [0.29, 0.717) is 17.0 Å². The Morgan fingerprint density at radius 2 is 1.89 bits per heavy atom. The molecule has 0 aromatic heterocycles. The Hall–Kier alpha value is -1.15. The number of carbonyl (C=O) groups is 1. The van der Waals surface area contributed by atoms with Gasteiger partial charge in [-0.1, -0.05) is 58.7 Å². The zero-order valence-electron chi connectivity index (χ0n) is 10.2. The van der Waals surface area contributed by atoms with Crippen LogP contribution in [0.4, 0.5) is 0 Å². The first-order valence-electron chi connectivity index (χ1n) is 6.46. The van der Waals surface area contributed by atoms with Crippen molar-refractivity contribution in [1.29, 1.82) is 0 Å². The number of hydrogen-bond acceptors (Lipinski definition) is 1. The summed E-state index contributed by atoms with van der Waals surface area (Å²) in [7, 11) is 0. The van der Waals surface area contributed by atoms with Gasteiger partial charge in [0.05, 0.1) is 0 Å². The quantitative estimate of drug-likeness (QED) is 0.624. The van der Waals surface area contributed by atoms with Crippen molar-refractivity contribution in [2.75, 3.05) is 0 Å². The first kappa shape index (κ1) is 11.9. The second kappa shape index (κ2) is 4.85. The van der Waals surface area contributed by atoms with Gasteiger partial charge in [-0.15, -0.1) is 0 Å². The molecule has 3 rings (SSSR count). The second-order valence-corrected chi connectivity index (χ2v) is 5.99. The number of benzene rings is 2. The Bertz CT molecular complexity index is 603. The number of halogens is 1. The van der Waals surface area contributed by atoms with Crippen molar-refractivity contribution in [1.82, 2.24) is 0 Å². The second-order valence-electron chi connectivity index (χ2n) is 4.89. The minimum atomic E-state index is 0.297. The van der Waals surface area contributed by atoms with Crippen molar-refractivity contribution in [3.05, 3.63) is 47.5 Å². The molecule has 0 fully saturated rings. The van der Waals surface area contributed by atoms with Gasteiger partial charge in [-0.3, -0.25) is 4.79 Å². The summed E-state index contributed by atoms with van der Waals surface area (Å²) in [6, 6.07) is 12.4. The first-order chi connectivity index (χ1) is 8.77. The van der Waals surface area contributed by atoms with E-state index in [1.54, 1.807) is 0 Å². The molecular formula is C16H15BrO. The summed E-state index contributed by atoms with van der Waals surface area (Å²) in [6.45, 7) is 0. The highest BCUT2D eigenvalue weighted by atomic mass is 79.9. The molecule has 18 heavy (non-hydrogen) atoms. The molecule has 0 saturated carbocycles. The van der Waals surface area contributed by atoms with Gasteiger partial charge in [-0.2, -0.15) is 0 Å². The average Bonchev–Trinajstić information content (AvgIpc) is 2.40. The van der Waals surface area contributed by atoms with E-state index < -0.39 is 0 Å². The minimum Gasteiger partial charge on any atom is -0.294 e. The number of carbonyl (C=O) groups excluding carboxylic acids is 1. The zero-order chi connectivity index (χ0) is 12.5. The van der Waals surface area contributed by atoms with Gasteiger partial charge >= 0.3 is 0 Å². The number of Topliss-reactive ketones (excluding diaryl/α,β-unsaturated/α-hetero) is 1. The summed E-state index contributed by atoms with van der Waals surface area (Å²) in [4.78, 5) is 12.7. The van der Waals surface area contributed by atoms with Crippen LogP contribution in [0, 0.1) is 0 Å². The van der Waals surface area contributed by atoms with Crippen LogP contribution in [0.25, 0.3) is 10.8 Å². The lowest BCUT2D eigenvalue weighted by molar-refractivity contribution is 0.0978. The van der Waals surface area contributed by atoms with Gasteiger partial charge in [-0.25, -0.2) is 0 Å². The van der Waals surface area contributed by atoms with E-state index in [1.165, 1.54) is 5.56 Å². The zero-order valence-corrected chi connectivity index (χ0v) is 11.7. The fraction of sp³-hybridized carbons (Fsp3) is 0.312. The Morgan fingerprint density at radius 3 is 2.78 bits per heavy atom. The summed E-state index contributed by atoms with van der Waals surface area (Å²) in [5.74, 6) is 0.297. The molecule has 0 saturated heterocycles. The first-order valence-corrected chi connectivity index (χ1v) is 7.38. The van der Waals surface area contributed by atoms with Crippen LogP contribution in [0.5, 0.6) is 0 Å². The molecule has 2 aromatic carbocycles. The van der Waals surface area contributed by atoms with E-state index in [2.05, 4.69) is 40.2 Å². The standard InChI is InChI=1S/C16H15BrO/c17-14-7-3-4-8-15(18)16-12-6-2-1-5-11(12)9-10-13(14)16/h1-2,5-6,9-10,14H,3-4,7-8H2. The Balaban J connectivity index is 2.30. The molecule has 1 nitrogen and oxygen atoms in total. The van der Waals surface area contributed by atoms with Crippen LogP contribution in [-0.4, -0.2) is 5.78 Å². The fourth-order valence-corrected chi connectivity index (χ4v) is 3.46. The van der Waals surface area contributed by atoms with Crippen LogP contribution >= 0.6 is 15.9 Å². The Kier molecular flexibility index (Phi) is 3.21. The largest absolute Gasteiger partial charge is 0.294 e. The molecule has 1 unspecified atom stereocenters. The predicted molar refractivity (Wildman–Crippen MR) is 78.4 cm³/mol. The summed E-state index contributed by atoms with van der Waals surface area (Å²) < 4.78 is 0. The molecule has 0 heterocycles. The molecule has 0 spiro atoms. The van der Waals surface area contributed by atoms with Crippen LogP contribution in [0.2, 0.25) is 0 Å². The molecule has 1 atom stereocenters. The van der Waals surface area contributed by atoms with Crippen molar-refractivity contribution < 1.29 is 4.79 Å².